The molecule has 0 spiro atoms. The Morgan fingerprint density at radius 1 is 1.21 bits per heavy atom. The van der Waals surface area contributed by atoms with Crippen molar-refractivity contribution < 1.29 is 19.0 Å². The van der Waals surface area contributed by atoms with Gasteiger partial charge in [0.1, 0.15) is 11.6 Å². The quantitative estimate of drug-likeness (QED) is 0.567. The SMILES string of the molecule is C[C@@H](Nc1ccccc1C(=O)O)c1cc(F)cc2c(=O)n(C3CC3)c(C3CCOCC3)nc12. The van der Waals surface area contributed by atoms with Gasteiger partial charge in [0.2, 0.25) is 0 Å². The van der Waals surface area contributed by atoms with E-state index >= 15 is 0 Å². The second-order valence-electron chi connectivity index (χ2n) is 8.87. The summed E-state index contributed by atoms with van der Waals surface area (Å²) in [6, 6.07) is 8.86. The summed E-state index contributed by atoms with van der Waals surface area (Å²) in [5, 5.41) is 12.9. The Morgan fingerprint density at radius 3 is 2.64 bits per heavy atom. The fraction of sp³-hybridized carbons (Fsp3) is 0.400. The molecule has 8 heteroatoms. The van der Waals surface area contributed by atoms with Gasteiger partial charge in [-0.25, -0.2) is 14.2 Å². The minimum absolute atomic E-state index is 0.116. The number of para-hydroxylation sites is 1. The van der Waals surface area contributed by atoms with E-state index < -0.39 is 17.8 Å². The number of carbonyl (C=O) groups is 1. The molecule has 0 amide bonds. The number of nitrogens with one attached hydrogen (secondary N) is 1. The van der Waals surface area contributed by atoms with Crippen LogP contribution in [0.25, 0.3) is 10.9 Å². The van der Waals surface area contributed by atoms with E-state index in [0.717, 1.165) is 31.5 Å². The van der Waals surface area contributed by atoms with Gasteiger partial charge in [-0.1, -0.05) is 12.1 Å². The lowest BCUT2D eigenvalue weighted by atomic mass is 9.97. The molecule has 1 saturated heterocycles. The molecule has 2 N–H and O–H groups in total. The number of halogens is 1. The molecule has 2 aliphatic rings. The van der Waals surface area contributed by atoms with Crippen molar-refractivity contribution in [1.29, 1.82) is 0 Å². The molecular formula is C25H26FN3O4. The number of rotatable bonds is 6. The minimum Gasteiger partial charge on any atom is -0.478 e. The van der Waals surface area contributed by atoms with E-state index in [2.05, 4.69) is 5.32 Å². The van der Waals surface area contributed by atoms with Crippen LogP contribution in [0.4, 0.5) is 10.1 Å². The molecule has 3 aromatic rings. The summed E-state index contributed by atoms with van der Waals surface area (Å²) in [5.74, 6) is -0.700. The Balaban J connectivity index is 1.64. The Morgan fingerprint density at radius 2 is 1.94 bits per heavy atom. The van der Waals surface area contributed by atoms with Crippen molar-refractivity contribution in [2.75, 3.05) is 18.5 Å². The van der Waals surface area contributed by atoms with Gasteiger partial charge < -0.3 is 15.2 Å². The number of benzene rings is 2. The van der Waals surface area contributed by atoms with Crippen LogP contribution in [0.1, 0.15) is 72.4 Å². The van der Waals surface area contributed by atoms with Gasteiger partial charge in [-0.05, 0) is 56.9 Å². The number of carboxylic acid groups (broad SMARTS) is 1. The van der Waals surface area contributed by atoms with E-state index in [9.17, 15) is 19.1 Å². The third-order valence-corrected chi connectivity index (χ3v) is 6.52. The van der Waals surface area contributed by atoms with Crippen molar-refractivity contribution in [1.82, 2.24) is 9.55 Å². The van der Waals surface area contributed by atoms with E-state index in [1.165, 1.54) is 18.2 Å². The summed E-state index contributed by atoms with van der Waals surface area (Å²) in [4.78, 5) is 30.1. The van der Waals surface area contributed by atoms with Gasteiger partial charge in [0, 0.05) is 36.4 Å². The van der Waals surface area contributed by atoms with Crippen molar-refractivity contribution >= 4 is 22.6 Å². The molecule has 0 radical (unpaired) electrons. The van der Waals surface area contributed by atoms with E-state index in [1.54, 1.807) is 22.8 Å². The van der Waals surface area contributed by atoms with Crippen molar-refractivity contribution in [2.45, 2.75) is 50.6 Å². The van der Waals surface area contributed by atoms with Gasteiger partial charge in [-0.3, -0.25) is 9.36 Å². The topological polar surface area (TPSA) is 93.5 Å². The molecule has 7 nitrogen and oxygen atoms in total. The summed E-state index contributed by atoms with van der Waals surface area (Å²) >= 11 is 0. The first kappa shape index (κ1) is 21.6. The van der Waals surface area contributed by atoms with Gasteiger partial charge in [-0.2, -0.15) is 0 Å². The molecule has 1 atom stereocenters. The molecule has 1 aliphatic heterocycles. The lowest BCUT2D eigenvalue weighted by molar-refractivity contribution is 0.0698. The van der Waals surface area contributed by atoms with Crippen LogP contribution in [-0.4, -0.2) is 33.8 Å². The molecule has 0 unspecified atom stereocenters. The monoisotopic (exact) mass is 451 g/mol. The lowest BCUT2D eigenvalue weighted by Gasteiger charge is -2.26. The van der Waals surface area contributed by atoms with Crippen LogP contribution in [0.3, 0.4) is 0 Å². The summed E-state index contributed by atoms with van der Waals surface area (Å²) in [6.45, 7) is 3.07. The van der Waals surface area contributed by atoms with Gasteiger partial charge >= 0.3 is 5.97 Å². The van der Waals surface area contributed by atoms with E-state index in [4.69, 9.17) is 9.72 Å². The molecule has 1 saturated carbocycles. The number of carboxylic acids is 1. The van der Waals surface area contributed by atoms with Gasteiger partial charge in [-0.15, -0.1) is 0 Å². The summed E-state index contributed by atoms with van der Waals surface area (Å²) in [6.07, 6.45) is 3.44. The number of aromatic nitrogens is 2. The highest BCUT2D eigenvalue weighted by Crippen LogP contribution is 2.38. The molecule has 33 heavy (non-hydrogen) atoms. The third kappa shape index (κ3) is 4.11. The average molecular weight is 451 g/mol. The lowest BCUT2D eigenvalue weighted by Crippen LogP contribution is -2.29. The highest BCUT2D eigenvalue weighted by molar-refractivity contribution is 5.94. The van der Waals surface area contributed by atoms with Crippen molar-refractivity contribution in [3.8, 4) is 0 Å². The van der Waals surface area contributed by atoms with E-state index in [0.29, 0.717) is 30.0 Å². The maximum absolute atomic E-state index is 14.7. The number of aromatic carboxylic acids is 1. The Labute approximate surface area is 190 Å². The second kappa shape index (κ2) is 8.59. The van der Waals surface area contributed by atoms with Gasteiger partial charge in [0.05, 0.1) is 22.5 Å². The van der Waals surface area contributed by atoms with Crippen LogP contribution >= 0.6 is 0 Å². The summed E-state index contributed by atoms with van der Waals surface area (Å²) in [7, 11) is 0. The van der Waals surface area contributed by atoms with Crippen LogP contribution in [0.5, 0.6) is 0 Å². The number of nitrogens with zero attached hydrogens (tertiary/aromatic N) is 2. The smallest absolute Gasteiger partial charge is 0.337 e. The first-order valence-electron chi connectivity index (χ1n) is 11.4. The Kier molecular flexibility index (Phi) is 5.62. The molecule has 1 aliphatic carbocycles. The standard InChI is InChI=1S/C25H26FN3O4/c1-14(27-21-5-3-2-4-18(21)25(31)32)19-12-16(26)13-20-22(19)28-23(15-8-10-33-11-9-15)29(24(20)30)17-6-7-17/h2-5,12-15,17,27H,6-11H2,1H3,(H,31,32)/t14-/m1/s1. The van der Waals surface area contributed by atoms with E-state index in [-0.39, 0.29) is 28.5 Å². The number of hydrogen-bond acceptors (Lipinski definition) is 5. The van der Waals surface area contributed by atoms with Crippen molar-refractivity contribution in [2.24, 2.45) is 0 Å². The van der Waals surface area contributed by atoms with Crippen LogP contribution < -0.4 is 10.9 Å². The zero-order valence-electron chi connectivity index (χ0n) is 18.4. The molecular weight excluding hydrogens is 425 g/mol. The molecule has 5 rings (SSSR count). The molecule has 0 bridgehead atoms. The predicted molar refractivity (Wildman–Crippen MR) is 122 cm³/mol. The third-order valence-electron chi connectivity index (χ3n) is 6.52. The summed E-state index contributed by atoms with van der Waals surface area (Å²) in [5.41, 5.74) is 1.33. The number of anilines is 1. The molecule has 172 valence electrons. The van der Waals surface area contributed by atoms with Crippen LogP contribution in [0.15, 0.2) is 41.2 Å². The Hall–Kier alpha value is -3.26. The highest BCUT2D eigenvalue weighted by Gasteiger charge is 2.32. The average Bonchev–Trinajstić information content (AvgIpc) is 3.65. The van der Waals surface area contributed by atoms with Gasteiger partial charge in [0.25, 0.3) is 5.56 Å². The Bertz CT molecular complexity index is 1280. The van der Waals surface area contributed by atoms with Crippen molar-refractivity contribution in [3.05, 3.63) is 69.5 Å². The first-order valence-corrected chi connectivity index (χ1v) is 11.4. The minimum atomic E-state index is -1.05. The number of fused-ring (bicyclic) bond motifs is 1. The maximum atomic E-state index is 14.7. The fourth-order valence-electron chi connectivity index (χ4n) is 4.68. The predicted octanol–water partition coefficient (Wildman–Crippen LogP) is 4.64. The summed E-state index contributed by atoms with van der Waals surface area (Å²) < 4.78 is 22.0. The zero-order chi connectivity index (χ0) is 23.1. The number of ether oxygens (including phenoxy) is 1. The second-order valence-corrected chi connectivity index (χ2v) is 8.87. The van der Waals surface area contributed by atoms with Crippen LogP contribution in [0.2, 0.25) is 0 Å². The molecule has 1 aromatic heterocycles. The van der Waals surface area contributed by atoms with Crippen LogP contribution in [0, 0.1) is 5.82 Å². The largest absolute Gasteiger partial charge is 0.478 e. The number of hydrogen-bond donors (Lipinski definition) is 2. The van der Waals surface area contributed by atoms with E-state index in [1.807, 2.05) is 6.92 Å². The fourth-order valence-corrected chi connectivity index (χ4v) is 4.68. The van der Waals surface area contributed by atoms with Crippen LogP contribution in [-0.2, 0) is 4.74 Å². The molecule has 2 fully saturated rings. The molecule has 2 heterocycles. The highest BCUT2D eigenvalue weighted by atomic mass is 19.1. The van der Waals surface area contributed by atoms with Gasteiger partial charge in [0.15, 0.2) is 0 Å². The maximum Gasteiger partial charge on any atom is 0.337 e. The first-order chi connectivity index (χ1) is 15.9. The zero-order valence-corrected chi connectivity index (χ0v) is 18.4. The molecule has 2 aromatic carbocycles. The van der Waals surface area contributed by atoms with Crippen molar-refractivity contribution in [3.63, 3.8) is 0 Å². The normalized spacial score (nSPS) is 17.8.